The van der Waals surface area contributed by atoms with Crippen molar-refractivity contribution in [2.24, 2.45) is 0 Å². The van der Waals surface area contributed by atoms with E-state index in [1.807, 2.05) is 25.3 Å². The molecule has 96 valence electrons. The highest BCUT2D eigenvalue weighted by Crippen LogP contribution is 2.36. The fraction of sp³-hybridized carbons (Fsp3) is 0.154. The highest BCUT2D eigenvalue weighted by Gasteiger charge is 2.14. The lowest BCUT2D eigenvalue weighted by molar-refractivity contribution is 0.406. The number of thiol groups is 1. The first kappa shape index (κ1) is 12.0. The molecule has 0 atom stereocenters. The molecule has 0 saturated carbocycles. The van der Waals surface area contributed by atoms with E-state index < -0.39 is 0 Å². The van der Waals surface area contributed by atoms with E-state index in [0.717, 1.165) is 27.5 Å². The van der Waals surface area contributed by atoms with Crippen LogP contribution in [0.3, 0.4) is 0 Å². The molecule has 0 unspecified atom stereocenters. The Morgan fingerprint density at radius 2 is 2.16 bits per heavy atom. The van der Waals surface area contributed by atoms with E-state index in [1.165, 1.54) is 6.33 Å². The number of benzene rings is 1. The van der Waals surface area contributed by atoms with E-state index in [-0.39, 0.29) is 0 Å². The van der Waals surface area contributed by atoms with Gasteiger partial charge in [0, 0.05) is 16.7 Å². The molecule has 0 bridgehead atoms. The number of imidazole rings is 1. The molecule has 0 aliphatic heterocycles. The SMILES string of the molecule is COc1c(-c2cn3cncnc3n2)ccc(C)c1S. The molecule has 5 nitrogen and oxygen atoms in total. The summed E-state index contributed by atoms with van der Waals surface area (Å²) in [5.74, 6) is 1.33. The van der Waals surface area contributed by atoms with Gasteiger partial charge in [-0.2, -0.15) is 0 Å². The zero-order chi connectivity index (χ0) is 13.4. The van der Waals surface area contributed by atoms with Gasteiger partial charge >= 0.3 is 0 Å². The molecule has 2 aromatic heterocycles. The van der Waals surface area contributed by atoms with Gasteiger partial charge in [0.25, 0.3) is 0 Å². The zero-order valence-electron chi connectivity index (χ0n) is 10.5. The highest BCUT2D eigenvalue weighted by molar-refractivity contribution is 7.80. The summed E-state index contributed by atoms with van der Waals surface area (Å²) in [6, 6.07) is 3.97. The number of nitrogens with zero attached hydrogens (tertiary/aromatic N) is 4. The Kier molecular flexibility index (Phi) is 2.87. The van der Waals surface area contributed by atoms with Crippen molar-refractivity contribution in [3.63, 3.8) is 0 Å². The zero-order valence-corrected chi connectivity index (χ0v) is 11.4. The Balaban J connectivity index is 2.23. The van der Waals surface area contributed by atoms with Gasteiger partial charge in [0.05, 0.1) is 12.8 Å². The molecule has 0 fully saturated rings. The Morgan fingerprint density at radius 3 is 2.89 bits per heavy atom. The summed E-state index contributed by atoms with van der Waals surface area (Å²) >= 11 is 4.49. The summed E-state index contributed by atoms with van der Waals surface area (Å²) in [5.41, 5.74) is 2.74. The van der Waals surface area contributed by atoms with Crippen LogP contribution in [0.25, 0.3) is 17.0 Å². The van der Waals surface area contributed by atoms with Gasteiger partial charge in [-0.3, -0.25) is 4.40 Å². The van der Waals surface area contributed by atoms with Crippen molar-refractivity contribution < 1.29 is 4.74 Å². The number of methoxy groups -OCH3 is 1. The van der Waals surface area contributed by atoms with Gasteiger partial charge in [0.15, 0.2) is 0 Å². The van der Waals surface area contributed by atoms with E-state index in [1.54, 1.807) is 17.8 Å². The second kappa shape index (κ2) is 4.55. The van der Waals surface area contributed by atoms with Crippen LogP contribution in [0.2, 0.25) is 0 Å². The Morgan fingerprint density at radius 1 is 1.32 bits per heavy atom. The Bertz CT molecular complexity index is 720. The lowest BCUT2D eigenvalue weighted by Gasteiger charge is -2.10. The van der Waals surface area contributed by atoms with Crippen LogP contribution >= 0.6 is 12.6 Å². The van der Waals surface area contributed by atoms with Crippen molar-refractivity contribution >= 4 is 18.4 Å². The minimum atomic E-state index is 0.605. The summed E-state index contributed by atoms with van der Waals surface area (Å²) in [6.45, 7) is 1.99. The van der Waals surface area contributed by atoms with Crippen molar-refractivity contribution in [3.05, 3.63) is 36.5 Å². The van der Waals surface area contributed by atoms with Gasteiger partial charge in [0.2, 0.25) is 5.78 Å². The predicted molar refractivity (Wildman–Crippen MR) is 74.8 cm³/mol. The Hall–Kier alpha value is -2.08. The molecule has 0 aliphatic rings. The molecule has 3 rings (SSSR count). The number of aryl methyl sites for hydroxylation is 1. The monoisotopic (exact) mass is 272 g/mol. The van der Waals surface area contributed by atoms with Crippen molar-refractivity contribution in [1.29, 1.82) is 0 Å². The van der Waals surface area contributed by atoms with Crippen molar-refractivity contribution in [2.75, 3.05) is 7.11 Å². The van der Waals surface area contributed by atoms with Crippen LogP contribution < -0.4 is 4.74 Å². The minimum absolute atomic E-state index is 0.605. The first-order valence-corrected chi connectivity index (χ1v) is 6.17. The van der Waals surface area contributed by atoms with Crippen LogP contribution in [0.15, 0.2) is 35.9 Å². The van der Waals surface area contributed by atoms with Crippen LogP contribution in [0.1, 0.15) is 5.56 Å². The molecule has 3 aromatic rings. The molecule has 0 saturated heterocycles. The number of ether oxygens (including phenoxy) is 1. The number of rotatable bonds is 2. The first-order chi connectivity index (χ1) is 9.20. The molecule has 6 heteroatoms. The predicted octanol–water partition coefficient (Wildman–Crippen LogP) is 2.40. The molecule has 0 spiro atoms. The normalized spacial score (nSPS) is 10.9. The molecular weight excluding hydrogens is 260 g/mol. The van der Waals surface area contributed by atoms with Gasteiger partial charge in [-0.1, -0.05) is 6.07 Å². The van der Waals surface area contributed by atoms with E-state index in [4.69, 9.17) is 4.74 Å². The largest absolute Gasteiger partial charge is 0.495 e. The molecule has 1 aromatic carbocycles. The van der Waals surface area contributed by atoms with Gasteiger partial charge in [-0.15, -0.1) is 12.6 Å². The average Bonchev–Trinajstić information content (AvgIpc) is 2.85. The molecule has 0 radical (unpaired) electrons. The maximum absolute atomic E-state index is 5.45. The van der Waals surface area contributed by atoms with Crippen LogP contribution in [0.4, 0.5) is 0 Å². The van der Waals surface area contributed by atoms with Gasteiger partial charge in [0.1, 0.15) is 18.4 Å². The summed E-state index contributed by atoms with van der Waals surface area (Å²) in [6.07, 6.45) is 5.01. The third-order valence-corrected chi connectivity index (χ3v) is 3.51. The number of aromatic nitrogens is 4. The smallest absolute Gasteiger partial charge is 0.237 e. The minimum Gasteiger partial charge on any atom is -0.495 e. The van der Waals surface area contributed by atoms with Gasteiger partial charge < -0.3 is 4.74 Å². The van der Waals surface area contributed by atoms with Gasteiger partial charge in [-0.25, -0.2) is 15.0 Å². The average molecular weight is 272 g/mol. The lowest BCUT2D eigenvalue weighted by Crippen LogP contribution is -1.92. The van der Waals surface area contributed by atoms with Crippen LogP contribution in [-0.4, -0.2) is 26.5 Å². The third kappa shape index (κ3) is 1.94. The van der Waals surface area contributed by atoms with E-state index in [9.17, 15) is 0 Å². The molecule has 19 heavy (non-hydrogen) atoms. The van der Waals surface area contributed by atoms with Crippen molar-refractivity contribution in [3.8, 4) is 17.0 Å². The summed E-state index contributed by atoms with van der Waals surface area (Å²) in [7, 11) is 1.63. The summed E-state index contributed by atoms with van der Waals surface area (Å²) in [5, 5.41) is 0. The molecular formula is C13H12N4OS. The second-order valence-corrected chi connectivity index (χ2v) is 4.60. The Labute approximate surface area is 115 Å². The summed E-state index contributed by atoms with van der Waals surface area (Å²) in [4.78, 5) is 13.3. The highest BCUT2D eigenvalue weighted by atomic mass is 32.1. The van der Waals surface area contributed by atoms with E-state index in [0.29, 0.717) is 5.78 Å². The second-order valence-electron chi connectivity index (χ2n) is 4.15. The molecule has 0 aliphatic carbocycles. The quantitative estimate of drug-likeness (QED) is 0.728. The lowest BCUT2D eigenvalue weighted by atomic mass is 10.1. The number of hydrogen-bond donors (Lipinski definition) is 1. The standard InChI is InChI=1S/C13H12N4OS/c1-8-3-4-9(11(18-2)12(8)19)10-5-17-7-14-6-15-13(17)16-10/h3-7,19H,1-2H3. The fourth-order valence-electron chi connectivity index (χ4n) is 1.96. The van der Waals surface area contributed by atoms with Crippen LogP contribution in [-0.2, 0) is 0 Å². The maximum Gasteiger partial charge on any atom is 0.237 e. The fourth-order valence-corrected chi connectivity index (χ4v) is 2.24. The molecule has 0 N–H and O–H groups in total. The summed E-state index contributed by atoms with van der Waals surface area (Å²) < 4.78 is 7.22. The van der Waals surface area contributed by atoms with Crippen LogP contribution in [0, 0.1) is 6.92 Å². The van der Waals surface area contributed by atoms with Crippen molar-refractivity contribution in [2.45, 2.75) is 11.8 Å². The first-order valence-electron chi connectivity index (χ1n) is 5.72. The maximum atomic E-state index is 5.45. The van der Waals surface area contributed by atoms with E-state index in [2.05, 4.69) is 27.6 Å². The van der Waals surface area contributed by atoms with Crippen LogP contribution in [0.5, 0.6) is 5.75 Å². The third-order valence-electron chi connectivity index (χ3n) is 2.96. The number of hydrogen-bond acceptors (Lipinski definition) is 5. The molecule has 2 heterocycles. The van der Waals surface area contributed by atoms with E-state index >= 15 is 0 Å². The number of fused-ring (bicyclic) bond motifs is 1. The van der Waals surface area contributed by atoms with Crippen molar-refractivity contribution in [1.82, 2.24) is 19.4 Å². The molecule has 0 amide bonds. The topological polar surface area (TPSA) is 52.3 Å². The van der Waals surface area contributed by atoms with Gasteiger partial charge in [-0.05, 0) is 18.6 Å².